The third-order valence-electron chi connectivity index (χ3n) is 2.92. The molecule has 1 heterocycles. The molecular weight excluding hydrogens is 252 g/mol. The second-order valence-electron chi connectivity index (χ2n) is 4.24. The van der Waals surface area contributed by atoms with Crippen molar-refractivity contribution in [1.29, 1.82) is 0 Å². The zero-order chi connectivity index (χ0) is 10.7. The first-order chi connectivity index (χ1) is 7.29. The van der Waals surface area contributed by atoms with Crippen LogP contribution >= 0.6 is 15.9 Å². The van der Waals surface area contributed by atoms with Crippen molar-refractivity contribution >= 4 is 15.9 Å². The van der Waals surface area contributed by atoms with Crippen molar-refractivity contribution in [2.24, 2.45) is 5.92 Å². The minimum Gasteiger partial charge on any atom is -0.308 e. The molecule has 2 atom stereocenters. The van der Waals surface area contributed by atoms with E-state index >= 15 is 0 Å². The van der Waals surface area contributed by atoms with Gasteiger partial charge in [-0.3, -0.25) is 4.98 Å². The Labute approximate surface area is 99.6 Å². The Morgan fingerprint density at radius 3 is 3.07 bits per heavy atom. The summed E-state index contributed by atoms with van der Waals surface area (Å²) in [6.07, 6.45) is 5.88. The van der Waals surface area contributed by atoms with Crippen molar-refractivity contribution in [3.05, 3.63) is 28.5 Å². The second kappa shape index (κ2) is 5.08. The van der Waals surface area contributed by atoms with Gasteiger partial charge in [0.15, 0.2) is 0 Å². The average molecular weight is 269 g/mol. The van der Waals surface area contributed by atoms with E-state index in [-0.39, 0.29) is 0 Å². The van der Waals surface area contributed by atoms with E-state index in [0.29, 0.717) is 0 Å². The molecule has 15 heavy (non-hydrogen) atoms. The van der Waals surface area contributed by atoms with E-state index < -0.39 is 0 Å². The summed E-state index contributed by atoms with van der Waals surface area (Å²) in [6, 6.07) is 4.85. The van der Waals surface area contributed by atoms with Crippen LogP contribution in [0.25, 0.3) is 0 Å². The van der Waals surface area contributed by atoms with E-state index in [4.69, 9.17) is 0 Å². The van der Waals surface area contributed by atoms with Crippen LogP contribution in [0.2, 0.25) is 0 Å². The Morgan fingerprint density at radius 1 is 1.53 bits per heavy atom. The van der Waals surface area contributed by atoms with Gasteiger partial charge in [0.2, 0.25) is 0 Å². The lowest BCUT2D eigenvalue weighted by Crippen LogP contribution is -2.18. The van der Waals surface area contributed by atoms with Crippen LogP contribution in [-0.4, -0.2) is 11.0 Å². The Kier molecular flexibility index (Phi) is 3.76. The summed E-state index contributed by atoms with van der Waals surface area (Å²) in [5.41, 5.74) is 1.13. The summed E-state index contributed by atoms with van der Waals surface area (Å²) in [5.74, 6) is 0.922. The average Bonchev–Trinajstić information content (AvgIpc) is 2.97. The minimum absolute atomic E-state index is 0.746. The lowest BCUT2D eigenvalue weighted by atomic mass is 10.2. The highest BCUT2D eigenvalue weighted by atomic mass is 79.9. The molecule has 2 rings (SSSR count). The Morgan fingerprint density at radius 2 is 2.40 bits per heavy atom. The fourth-order valence-electron chi connectivity index (χ4n) is 1.93. The fraction of sp³-hybridized carbons (Fsp3) is 0.583. The van der Waals surface area contributed by atoms with Gasteiger partial charge in [0, 0.05) is 23.3 Å². The van der Waals surface area contributed by atoms with Crippen LogP contribution in [0.1, 0.15) is 31.9 Å². The van der Waals surface area contributed by atoms with Crippen LogP contribution in [0, 0.1) is 5.92 Å². The molecule has 1 N–H and O–H groups in total. The maximum Gasteiger partial charge on any atom is 0.0542 e. The van der Waals surface area contributed by atoms with Gasteiger partial charge in [0.05, 0.1) is 5.69 Å². The zero-order valence-corrected chi connectivity index (χ0v) is 10.6. The highest BCUT2D eigenvalue weighted by Crippen LogP contribution is 2.34. The molecule has 2 nitrogen and oxygen atoms in total. The number of hydrogen-bond acceptors (Lipinski definition) is 2. The lowest BCUT2D eigenvalue weighted by molar-refractivity contribution is 0.594. The zero-order valence-electron chi connectivity index (χ0n) is 9.04. The van der Waals surface area contributed by atoms with E-state index in [1.54, 1.807) is 0 Å². The summed E-state index contributed by atoms with van der Waals surface area (Å²) in [7, 11) is 0. The molecule has 1 aliphatic carbocycles. The molecule has 2 unspecified atom stereocenters. The highest BCUT2D eigenvalue weighted by Gasteiger charge is 2.35. The van der Waals surface area contributed by atoms with E-state index in [1.165, 1.54) is 19.3 Å². The first-order valence-corrected chi connectivity index (χ1v) is 6.42. The van der Waals surface area contributed by atoms with Crippen molar-refractivity contribution in [2.75, 3.05) is 0 Å². The first kappa shape index (κ1) is 11.1. The molecule has 0 amide bonds. The van der Waals surface area contributed by atoms with Crippen LogP contribution in [0.3, 0.4) is 0 Å². The molecular formula is C12H17BrN2. The minimum atomic E-state index is 0.746. The summed E-state index contributed by atoms with van der Waals surface area (Å²) >= 11 is 3.39. The van der Waals surface area contributed by atoms with Crippen molar-refractivity contribution in [3.8, 4) is 0 Å². The van der Waals surface area contributed by atoms with Gasteiger partial charge in [-0.1, -0.05) is 13.3 Å². The molecule has 82 valence electrons. The monoisotopic (exact) mass is 268 g/mol. The highest BCUT2D eigenvalue weighted by molar-refractivity contribution is 9.10. The molecule has 0 aromatic carbocycles. The molecule has 0 radical (unpaired) electrons. The number of hydrogen-bond donors (Lipinski definition) is 1. The molecule has 0 bridgehead atoms. The number of nitrogens with one attached hydrogen (secondary N) is 1. The number of nitrogens with zero attached hydrogens (tertiary/aromatic N) is 1. The molecule has 1 fully saturated rings. The fourth-order valence-corrected chi connectivity index (χ4v) is 2.17. The van der Waals surface area contributed by atoms with E-state index in [1.807, 2.05) is 12.3 Å². The van der Waals surface area contributed by atoms with Crippen molar-refractivity contribution in [2.45, 2.75) is 38.8 Å². The van der Waals surface area contributed by atoms with Crippen molar-refractivity contribution in [3.63, 3.8) is 0 Å². The van der Waals surface area contributed by atoms with E-state index in [2.05, 4.69) is 39.2 Å². The molecule has 1 aliphatic rings. The predicted octanol–water partition coefficient (Wildman–Crippen LogP) is 3.12. The smallest absolute Gasteiger partial charge is 0.0542 e. The van der Waals surface area contributed by atoms with Gasteiger partial charge in [-0.25, -0.2) is 0 Å². The molecule has 0 aliphatic heterocycles. The topological polar surface area (TPSA) is 24.9 Å². The number of rotatable bonds is 5. The van der Waals surface area contributed by atoms with Crippen molar-refractivity contribution < 1.29 is 0 Å². The van der Waals surface area contributed by atoms with Gasteiger partial charge in [-0.2, -0.15) is 0 Å². The SMILES string of the molecule is CCCC1CC1NCc1ccc(Br)cn1. The van der Waals surface area contributed by atoms with Crippen LogP contribution < -0.4 is 5.32 Å². The van der Waals surface area contributed by atoms with Crippen molar-refractivity contribution in [1.82, 2.24) is 10.3 Å². The van der Waals surface area contributed by atoms with Gasteiger partial charge >= 0.3 is 0 Å². The third-order valence-corrected chi connectivity index (χ3v) is 3.39. The molecule has 3 heteroatoms. The largest absolute Gasteiger partial charge is 0.308 e. The predicted molar refractivity (Wildman–Crippen MR) is 65.6 cm³/mol. The third kappa shape index (κ3) is 3.28. The number of pyridine rings is 1. The summed E-state index contributed by atoms with van der Waals surface area (Å²) in [5, 5.41) is 3.55. The summed E-state index contributed by atoms with van der Waals surface area (Å²) in [6.45, 7) is 3.16. The Bertz CT molecular complexity index is 310. The van der Waals surface area contributed by atoms with Gasteiger partial charge in [-0.15, -0.1) is 0 Å². The summed E-state index contributed by atoms with van der Waals surface area (Å²) in [4.78, 5) is 4.34. The summed E-state index contributed by atoms with van der Waals surface area (Å²) < 4.78 is 1.04. The van der Waals surface area contributed by atoms with Gasteiger partial charge in [0.25, 0.3) is 0 Å². The van der Waals surface area contributed by atoms with E-state index in [0.717, 1.165) is 28.7 Å². The Hall–Kier alpha value is -0.410. The normalized spacial score (nSPS) is 24.1. The van der Waals surface area contributed by atoms with Crippen LogP contribution in [-0.2, 0) is 6.54 Å². The molecule has 0 saturated heterocycles. The molecule has 1 aromatic heterocycles. The number of aromatic nitrogens is 1. The van der Waals surface area contributed by atoms with Crippen LogP contribution in [0.15, 0.2) is 22.8 Å². The standard InChI is InChI=1S/C12H17BrN2/c1-2-3-9-6-12(9)15-8-11-5-4-10(13)7-14-11/h4-5,7,9,12,15H,2-3,6,8H2,1H3. The van der Waals surface area contributed by atoms with Crippen LogP contribution in [0.4, 0.5) is 0 Å². The first-order valence-electron chi connectivity index (χ1n) is 5.63. The quantitative estimate of drug-likeness (QED) is 0.888. The maximum absolute atomic E-state index is 4.34. The lowest BCUT2D eigenvalue weighted by Gasteiger charge is -2.03. The molecule has 0 spiro atoms. The number of halogens is 1. The van der Waals surface area contributed by atoms with Gasteiger partial charge in [0.1, 0.15) is 0 Å². The molecule has 1 aromatic rings. The van der Waals surface area contributed by atoms with Crippen LogP contribution in [0.5, 0.6) is 0 Å². The van der Waals surface area contributed by atoms with Gasteiger partial charge in [-0.05, 0) is 46.8 Å². The van der Waals surface area contributed by atoms with E-state index in [9.17, 15) is 0 Å². The van der Waals surface area contributed by atoms with Gasteiger partial charge < -0.3 is 5.32 Å². The maximum atomic E-state index is 4.34. The Balaban J connectivity index is 1.73. The second-order valence-corrected chi connectivity index (χ2v) is 5.16. The molecule has 1 saturated carbocycles.